The van der Waals surface area contributed by atoms with Gasteiger partial charge in [0.1, 0.15) is 0 Å². The van der Waals surface area contributed by atoms with E-state index < -0.39 is 0 Å². The van der Waals surface area contributed by atoms with Gasteiger partial charge in [0.15, 0.2) is 5.82 Å². The molecule has 1 aliphatic carbocycles. The average Bonchev–Trinajstić information content (AvgIpc) is 3.13. The molecule has 0 bridgehead atoms. The van der Waals surface area contributed by atoms with Gasteiger partial charge in [0.25, 0.3) is 0 Å². The second kappa shape index (κ2) is 6.84. The molecule has 0 unspecified atom stereocenters. The van der Waals surface area contributed by atoms with E-state index in [-0.39, 0.29) is 5.54 Å². The summed E-state index contributed by atoms with van der Waals surface area (Å²) in [6.45, 7) is 7.78. The van der Waals surface area contributed by atoms with Crippen molar-refractivity contribution in [2.24, 2.45) is 0 Å². The Bertz CT molecular complexity index is 709. The fraction of sp³-hybridized carbons (Fsp3) is 0.632. The first-order valence-corrected chi connectivity index (χ1v) is 9.41. The van der Waals surface area contributed by atoms with E-state index in [2.05, 4.69) is 52.5 Å². The van der Waals surface area contributed by atoms with Gasteiger partial charge in [-0.05, 0) is 48.2 Å². The van der Waals surface area contributed by atoms with Crippen LogP contribution >= 0.6 is 0 Å². The van der Waals surface area contributed by atoms with Gasteiger partial charge in [-0.2, -0.15) is 4.68 Å². The number of morpholine rings is 1. The molecular formula is C19H27N5O. The SMILES string of the molecule is Cc1cccc(C)c1-n1nnnc1C1(N2CCOCC2)CCCCC1. The second-order valence-electron chi connectivity index (χ2n) is 7.35. The number of hydrogen-bond donors (Lipinski definition) is 0. The molecule has 6 nitrogen and oxygen atoms in total. The van der Waals surface area contributed by atoms with Crippen molar-refractivity contribution in [3.8, 4) is 5.69 Å². The van der Waals surface area contributed by atoms with Crippen LogP contribution in [0.2, 0.25) is 0 Å². The lowest BCUT2D eigenvalue weighted by Crippen LogP contribution is -2.53. The van der Waals surface area contributed by atoms with E-state index in [9.17, 15) is 0 Å². The molecule has 1 saturated heterocycles. The molecule has 2 fully saturated rings. The van der Waals surface area contributed by atoms with Crippen molar-refractivity contribution < 1.29 is 4.74 Å². The zero-order chi connectivity index (χ0) is 17.3. The lowest BCUT2D eigenvalue weighted by atomic mass is 9.79. The van der Waals surface area contributed by atoms with Gasteiger partial charge in [-0.15, -0.1) is 5.10 Å². The van der Waals surface area contributed by atoms with Gasteiger partial charge >= 0.3 is 0 Å². The quantitative estimate of drug-likeness (QED) is 0.859. The Kier molecular flexibility index (Phi) is 4.56. The molecule has 0 radical (unpaired) electrons. The predicted octanol–water partition coefficient (Wildman–Crippen LogP) is 2.77. The third-order valence-electron chi connectivity index (χ3n) is 5.83. The molecule has 134 valence electrons. The molecule has 1 aromatic carbocycles. The van der Waals surface area contributed by atoms with Crippen molar-refractivity contribution in [1.29, 1.82) is 0 Å². The smallest absolute Gasteiger partial charge is 0.176 e. The highest BCUT2D eigenvalue weighted by atomic mass is 16.5. The van der Waals surface area contributed by atoms with Crippen LogP contribution in [-0.2, 0) is 10.3 Å². The summed E-state index contributed by atoms with van der Waals surface area (Å²) >= 11 is 0. The predicted molar refractivity (Wildman–Crippen MR) is 95.8 cm³/mol. The largest absolute Gasteiger partial charge is 0.379 e. The van der Waals surface area contributed by atoms with E-state index in [1.807, 2.05) is 4.68 Å². The zero-order valence-corrected chi connectivity index (χ0v) is 15.2. The highest BCUT2D eigenvalue weighted by Crippen LogP contribution is 2.42. The maximum Gasteiger partial charge on any atom is 0.176 e. The van der Waals surface area contributed by atoms with E-state index >= 15 is 0 Å². The van der Waals surface area contributed by atoms with Gasteiger partial charge in [-0.1, -0.05) is 37.5 Å². The Hall–Kier alpha value is -1.79. The normalized spacial score (nSPS) is 21.4. The molecule has 0 N–H and O–H groups in total. The van der Waals surface area contributed by atoms with E-state index in [0.29, 0.717) is 0 Å². The molecule has 2 heterocycles. The number of nitrogens with zero attached hydrogens (tertiary/aromatic N) is 5. The van der Waals surface area contributed by atoms with Crippen LogP contribution in [0.25, 0.3) is 5.69 Å². The summed E-state index contributed by atoms with van der Waals surface area (Å²) in [5, 5.41) is 13.1. The van der Waals surface area contributed by atoms with Crippen LogP contribution in [0.15, 0.2) is 18.2 Å². The fourth-order valence-corrected chi connectivity index (χ4v) is 4.58. The first-order chi connectivity index (χ1) is 12.2. The lowest BCUT2D eigenvalue weighted by molar-refractivity contribution is -0.0451. The third kappa shape index (κ3) is 2.87. The average molecular weight is 341 g/mol. The standard InChI is InChI=1S/C19H27N5O/c1-15-7-6-8-16(2)17(15)24-18(20-21-22-24)19(9-4-3-5-10-19)23-11-13-25-14-12-23/h6-8H,3-5,9-14H2,1-2H3. The van der Waals surface area contributed by atoms with Gasteiger partial charge in [0.05, 0.1) is 24.4 Å². The van der Waals surface area contributed by atoms with E-state index in [1.54, 1.807) is 0 Å². The molecule has 0 atom stereocenters. The molecule has 2 aliphatic rings. The number of hydrogen-bond acceptors (Lipinski definition) is 5. The van der Waals surface area contributed by atoms with Crippen LogP contribution in [0.4, 0.5) is 0 Å². The minimum Gasteiger partial charge on any atom is -0.379 e. The maximum absolute atomic E-state index is 5.61. The topological polar surface area (TPSA) is 56.1 Å². The molecule has 1 aromatic heterocycles. The molecule has 2 aromatic rings. The van der Waals surface area contributed by atoms with E-state index in [1.165, 1.54) is 30.4 Å². The van der Waals surface area contributed by atoms with Gasteiger partial charge < -0.3 is 4.74 Å². The Balaban J connectivity index is 1.83. The highest BCUT2D eigenvalue weighted by molar-refractivity contribution is 5.47. The molecule has 0 spiro atoms. The van der Waals surface area contributed by atoms with Gasteiger partial charge in [0.2, 0.25) is 0 Å². The van der Waals surface area contributed by atoms with Gasteiger partial charge in [-0.3, -0.25) is 4.90 Å². The molecular weight excluding hydrogens is 314 g/mol. The zero-order valence-electron chi connectivity index (χ0n) is 15.2. The fourth-order valence-electron chi connectivity index (χ4n) is 4.58. The minimum atomic E-state index is -0.0692. The first kappa shape index (κ1) is 16.7. The number of ether oxygens (including phenoxy) is 1. The number of tetrazole rings is 1. The Labute approximate surface area is 149 Å². The van der Waals surface area contributed by atoms with Crippen LogP contribution in [0, 0.1) is 13.8 Å². The summed E-state index contributed by atoms with van der Waals surface area (Å²) in [6.07, 6.45) is 6.02. The molecule has 6 heteroatoms. The summed E-state index contributed by atoms with van der Waals surface area (Å²) < 4.78 is 7.61. The van der Waals surface area contributed by atoms with Crippen molar-refractivity contribution in [2.75, 3.05) is 26.3 Å². The van der Waals surface area contributed by atoms with Gasteiger partial charge in [-0.25, -0.2) is 0 Å². The molecule has 0 amide bonds. The van der Waals surface area contributed by atoms with Crippen LogP contribution in [0.5, 0.6) is 0 Å². The van der Waals surface area contributed by atoms with Crippen LogP contribution in [0.3, 0.4) is 0 Å². The van der Waals surface area contributed by atoms with Crippen molar-refractivity contribution in [2.45, 2.75) is 51.5 Å². The lowest BCUT2D eigenvalue weighted by Gasteiger charge is -2.46. The van der Waals surface area contributed by atoms with Crippen molar-refractivity contribution in [3.63, 3.8) is 0 Å². The van der Waals surface area contributed by atoms with Crippen molar-refractivity contribution in [1.82, 2.24) is 25.1 Å². The third-order valence-corrected chi connectivity index (χ3v) is 5.83. The van der Waals surface area contributed by atoms with Crippen molar-refractivity contribution >= 4 is 0 Å². The highest BCUT2D eigenvalue weighted by Gasteiger charge is 2.44. The summed E-state index contributed by atoms with van der Waals surface area (Å²) in [4.78, 5) is 2.57. The Morgan fingerprint density at radius 1 is 1.00 bits per heavy atom. The number of rotatable bonds is 3. The van der Waals surface area contributed by atoms with Crippen LogP contribution in [-0.4, -0.2) is 51.4 Å². The Morgan fingerprint density at radius 3 is 2.36 bits per heavy atom. The molecule has 1 saturated carbocycles. The number of aromatic nitrogens is 4. The minimum absolute atomic E-state index is 0.0692. The molecule has 25 heavy (non-hydrogen) atoms. The summed E-state index contributed by atoms with van der Waals surface area (Å²) in [6, 6.07) is 6.36. The number of benzene rings is 1. The van der Waals surface area contributed by atoms with Crippen molar-refractivity contribution in [3.05, 3.63) is 35.2 Å². The molecule has 1 aliphatic heterocycles. The first-order valence-electron chi connectivity index (χ1n) is 9.41. The molecule has 4 rings (SSSR count). The van der Waals surface area contributed by atoms with Crippen LogP contribution in [0.1, 0.15) is 49.1 Å². The summed E-state index contributed by atoms with van der Waals surface area (Å²) in [5.41, 5.74) is 3.48. The second-order valence-corrected chi connectivity index (χ2v) is 7.35. The summed E-state index contributed by atoms with van der Waals surface area (Å²) in [5.74, 6) is 1.01. The van der Waals surface area contributed by atoms with E-state index in [0.717, 1.165) is 50.7 Å². The van der Waals surface area contributed by atoms with Crippen LogP contribution < -0.4 is 0 Å². The maximum atomic E-state index is 5.61. The monoisotopic (exact) mass is 341 g/mol. The Morgan fingerprint density at radius 2 is 1.68 bits per heavy atom. The van der Waals surface area contributed by atoms with Gasteiger partial charge in [0, 0.05) is 13.1 Å². The summed E-state index contributed by atoms with van der Waals surface area (Å²) in [7, 11) is 0. The number of aryl methyl sites for hydroxylation is 2. The number of para-hydroxylation sites is 1. The van der Waals surface area contributed by atoms with E-state index in [4.69, 9.17) is 4.74 Å².